The van der Waals surface area contributed by atoms with E-state index in [-0.39, 0.29) is 12.5 Å². The summed E-state index contributed by atoms with van der Waals surface area (Å²) in [4.78, 5) is 13.2. The van der Waals surface area contributed by atoms with Crippen molar-refractivity contribution >= 4 is 5.91 Å². The van der Waals surface area contributed by atoms with Crippen LogP contribution in [0.4, 0.5) is 0 Å². The van der Waals surface area contributed by atoms with Gasteiger partial charge in [-0.2, -0.15) is 0 Å². The Morgan fingerprint density at radius 2 is 2.25 bits per heavy atom. The Bertz CT molecular complexity index is 205. The molecule has 0 radical (unpaired) electrons. The van der Waals surface area contributed by atoms with Crippen LogP contribution in [0.25, 0.3) is 0 Å². The Balaban J connectivity index is 1.95. The number of amides is 1. The largest absolute Gasteiger partial charge is 0.372 e. The Kier molecular flexibility index (Phi) is 6.42. The van der Waals surface area contributed by atoms with Crippen molar-refractivity contribution < 1.29 is 9.53 Å². The third kappa shape index (κ3) is 4.94. The molecule has 1 amide bonds. The van der Waals surface area contributed by atoms with Crippen LogP contribution < -0.4 is 5.73 Å². The molecule has 94 valence electrons. The molecular weight excluding hydrogens is 204 g/mol. The second-order valence-corrected chi connectivity index (χ2v) is 4.60. The highest BCUT2D eigenvalue weighted by molar-refractivity contribution is 5.77. The van der Waals surface area contributed by atoms with E-state index in [4.69, 9.17) is 10.5 Å². The number of hydrogen-bond acceptors (Lipinski definition) is 3. The van der Waals surface area contributed by atoms with Gasteiger partial charge in [0, 0.05) is 20.2 Å². The van der Waals surface area contributed by atoms with Crippen molar-refractivity contribution in [2.45, 2.75) is 32.1 Å². The summed E-state index contributed by atoms with van der Waals surface area (Å²) < 4.78 is 5.38. The average molecular weight is 228 g/mol. The minimum atomic E-state index is 0.0575. The van der Waals surface area contributed by atoms with Crippen LogP contribution in [0.3, 0.4) is 0 Å². The summed E-state index contributed by atoms with van der Waals surface area (Å²) >= 11 is 0. The summed E-state index contributed by atoms with van der Waals surface area (Å²) in [6.07, 6.45) is 6.01. The lowest BCUT2D eigenvalue weighted by Crippen LogP contribution is -2.32. The van der Waals surface area contributed by atoms with Crippen LogP contribution in [-0.4, -0.2) is 44.2 Å². The van der Waals surface area contributed by atoms with Crippen molar-refractivity contribution in [3.05, 3.63) is 0 Å². The van der Waals surface area contributed by atoms with Gasteiger partial charge in [-0.15, -0.1) is 0 Å². The summed E-state index contributed by atoms with van der Waals surface area (Å²) in [5.41, 5.74) is 5.38. The fourth-order valence-electron chi connectivity index (χ4n) is 1.75. The van der Waals surface area contributed by atoms with E-state index in [1.807, 2.05) is 0 Å². The first-order valence-corrected chi connectivity index (χ1v) is 6.26. The maximum absolute atomic E-state index is 11.5. The van der Waals surface area contributed by atoms with E-state index in [1.165, 1.54) is 19.3 Å². The molecule has 2 N–H and O–H groups in total. The normalized spacial score (nSPS) is 15.9. The summed E-state index contributed by atoms with van der Waals surface area (Å²) in [6, 6.07) is 0. The summed E-state index contributed by atoms with van der Waals surface area (Å²) in [5.74, 6) is 0.909. The summed E-state index contributed by atoms with van der Waals surface area (Å²) in [5, 5.41) is 0. The van der Waals surface area contributed by atoms with Gasteiger partial charge in [0.25, 0.3) is 0 Å². The minimum absolute atomic E-state index is 0.0575. The van der Waals surface area contributed by atoms with E-state index in [9.17, 15) is 4.79 Å². The maximum atomic E-state index is 11.5. The molecule has 0 bridgehead atoms. The lowest BCUT2D eigenvalue weighted by molar-refractivity contribution is -0.135. The van der Waals surface area contributed by atoms with Crippen LogP contribution in [0.1, 0.15) is 32.1 Å². The number of carbonyl (C=O) groups excluding carboxylic acids is 1. The van der Waals surface area contributed by atoms with E-state index >= 15 is 0 Å². The highest BCUT2D eigenvalue weighted by Gasteiger charge is 2.17. The topological polar surface area (TPSA) is 55.6 Å². The number of likely N-dealkylation sites (N-methyl/N-ethyl adjacent to an activating group) is 1. The van der Waals surface area contributed by atoms with Crippen LogP contribution in [0.15, 0.2) is 0 Å². The van der Waals surface area contributed by atoms with E-state index in [1.54, 1.807) is 11.9 Å². The molecule has 0 heterocycles. The number of nitrogens with zero attached hydrogens (tertiary/aromatic N) is 1. The van der Waals surface area contributed by atoms with Gasteiger partial charge in [-0.25, -0.2) is 0 Å². The Morgan fingerprint density at radius 1 is 1.50 bits per heavy atom. The molecule has 4 heteroatoms. The standard InChI is InChI=1S/C12H24N2O2/c1-14(8-3-7-13)12(15)10-16-9-6-11-4-2-5-11/h11H,2-10,13H2,1H3. The smallest absolute Gasteiger partial charge is 0.248 e. The van der Waals surface area contributed by atoms with Gasteiger partial charge in [0.2, 0.25) is 5.91 Å². The fraction of sp³-hybridized carbons (Fsp3) is 0.917. The van der Waals surface area contributed by atoms with Crippen molar-refractivity contribution in [3.63, 3.8) is 0 Å². The molecule has 0 aliphatic heterocycles. The van der Waals surface area contributed by atoms with Crippen LogP contribution in [0.2, 0.25) is 0 Å². The fourth-order valence-corrected chi connectivity index (χ4v) is 1.75. The van der Waals surface area contributed by atoms with E-state index in [0.717, 1.165) is 31.9 Å². The van der Waals surface area contributed by atoms with Crippen molar-refractivity contribution in [1.82, 2.24) is 4.90 Å². The zero-order valence-corrected chi connectivity index (χ0v) is 10.3. The molecule has 1 aliphatic carbocycles. The highest BCUT2D eigenvalue weighted by atomic mass is 16.5. The van der Waals surface area contributed by atoms with Crippen LogP contribution in [0.5, 0.6) is 0 Å². The molecular formula is C12H24N2O2. The Morgan fingerprint density at radius 3 is 2.81 bits per heavy atom. The third-order valence-electron chi connectivity index (χ3n) is 3.24. The Hall–Kier alpha value is -0.610. The van der Waals surface area contributed by atoms with Gasteiger partial charge >= 0.3 is 0 Å². The van der Waals surface area contributed by atoms with Crippen molar-refractivity contribution in [2.24, 2.45) is 11.7 Å². The van der Waals surface area contributed by atoms with Gasteiger partial charge in [-0.05, 0) is 25.3 Å². The zero-order valence-electron chi connectivity index (χ0n) is 10.3. The molecule has 4 nitrogen and oxygen atoms in total. The molecule has 0 aromatic carbocycles. The van der Waals surface area contributed by atoms with Crippen LogP contribution in [-0.2, 0) is 9.53 Å². The van der Waals surface area contributed by atoms with Gasteiger partial charge in [-0.3, -0.25) is 4.79 Å². The summed E-state index contributed by atoms with van der Waals surface area (Å²) in [6.45, 7) is 2.29. The minimum Gasteiger partial charge on any atom is -0.372 e. The molecule has 1 fully saturated rings. The first-order chi connectivity index (χ1) is 7.74. The lowest BCUT2D eigenvalue weighted by Gasteiger charge is -2.25. The van der Waals surface area contributed by atoms with Gasteiger partial charge in [-0.1, -0.05) is 19.3 Å². The van der Waals surface area contributed by atoms with Gasteiger partial charge in [0.1, 0.15) is 6.61 Å². The second-order valence-electron chi connectivity index (χ2n) is 4.60. The molecule has 0 atom stereocenters. The van der Waals surface area contributed by atoms with Crippen molar-refractivity contribution in [3.8, 4) is 0 Å². The molecule has 0 aromatic heterocycles. The first kappa shape index (κ1) is 13.5. The quantitative estimate of drug-likeness (QED) is 0.631. The third-order valence-corrected chi connectivity index (χ3v) is 3.24. The van der Waals surface area contributed by atoms with Gasteiger partial charge in [0.05, 0.1) is 0 Å². The van der Waals surface area contributed by atoms with Gasteiger partial charge < -0.3 is 15.4 Å². The molecule has 0 aromatic rings. The number of nitrogens with two attached hydrogens (primary N) is 1. The average Bonchev–Trinajstić information content (AvgIpc) is 2.22. The first-order valence-electron chi connectivity index (χ1n) is 6.26. The van der Waals surface area contributed by atoms with Crippen LogP contribution in [0, 0.1) is 5.92 Å². The molecule has 1 rings (SSSR count). The summed E-state index contributed by atoms with van der Waals surface area (Å²) in [7, 11) is 1.80. The van der Waals surface area contributed by atoms with E-state index < -0.39 is 0 Å². The monoisotopic (exact) mass is 228 g/mol. The molecule has 0 unspecified atom stereocenters. The molecule has 16 heavy (non-hydrogen) atoms. The molecule has 1 saturated carbocycles. The predicted octanol–water partition coefficient (Wildman–Crippen LogP) is 1.00. The predicted molar refractivity (Wildman–Crippen MR) is 64.1 cm³/mol. The number of ether oxygens (including phenoxy) is 1. The van der Waals surface area contributed by atoms with E-state index in [2.05, 4.69) is 0 Å². The molecule has 0 saturated heterocycles. The maximum Gasteiger partial charge on any atom is 0.248 e. The zero-order chi connectivity index (χ0) is 11.8. The Labute approximate surface area is 98.1 Å². The van der Waals surface area contributed by atoms with Gasteiger partial charge in [0.15, 0.2) is 0 Å². The van der Waals surface area contributed by atoms with Crippen molar-refractivity contribution in [2.75, 3.05) is 33.4 Å². The second kappa shape index (κ2) is 7.63. The SMILES string of the molecule is CN(CCCN)C(=O)COCCC1CCC1. The number of carbonyl (C=O) groups is 1. The molecule has 0 spiro atoms. The van der Waals surface area contributed by atoms with Crippen molar-refractivity contribution in [1.29, 1.82) is 0 Å². The van der Waals surface area contributed by atoms with E-state index in [0.29, 0.717) is 6.54 Å². The lowest BCUT2D eigenvalue weighted by atomic mass is 9.83. The highest BCUT2D eigenvalue weighted by Crippen LogP contribution is 2.28. The number of hydrogen-bond donors (Lipinski definition) is 1. The number of rotatable bonds is 8. The molecule has 1 aliphatic rings. The van der Waals surface area contributed by atoms with Crippen LogP contribution >= 0.6 is 0 Å².